The normalized spacial score (nSPS) is 22.3. The maximum Gasteiger partial charge on any atom is 0.159 e. The first kappa shape index (κ1) is 21.7. The van der Waals surface area contributed by atoms with Crippen LogP contribution in [0.15, 0.2) is 24.3 Å². The first-order valence-electron chi connectivity index (χ1n) is 11.1. The van der Waals surface area contributed by atoms with E-state index in [0.717, 1.165) is 37.7 Å². The van der Waals surface area contributed by atoms with Gasteiger partial charge in [-0.1, -0.05) is 82.6 Å². The number of unbranched alkanes of at least 4 members (excludes halogenated alkanes) is 7. The standard InChI is InChI=1S/C25H37NO/c1-3-4-5-6-7-8-9-10-17-25(20-26)18-15-24(16-19-25)23-13-11-22(12-14-23)21(2)27/h11-14,24H,3-10,15-19H2,1-2H3. The lowest BCUT2D eigenvalue weighted by Gasteiger charge is -2.35. The molecule has 0 N–H and O–H groups in total. The molecule has 0 atom stereocenters. The highest BCUT2D eigenvalue weighted by molar-refractivity contribution is 5.94. The molecule has 0 radical (unpaired) electrons. The van der Waals surface area contributed by atoms with Gasteiger partial charge in [0.1, 0.15) is 0 Å². The van der Waals surface area contributed by atoms with Gasteiger partial charge in [-0.25, -0.2) is 0 Å². The molecular formula is C25H37NO. The summed E-state index contributed by atoms with van der Waals surface area (Å²) in [7, 11) is 0. The monoisotopic (exact) mass is 367 g/mol. The van der Waals surface area contributed by atoms with E-state index in [1.54, 1.807) is 6.92 Å². The minimum absolute atomic E-state index is 0.0853. The molecule has 1 aliphatic carbocycles. The van der Waals surface area contributed by atoms with Crippen LogP contribution in [0.4, 0.5) is 0 Å². The van der Waals surface area contributed by atoms with Crippen LogP contribution in [0.3, 0.4) is 0 Å². The molecule has 1 saturated carbocycles. The van der Waals surface area contributed by atoms with E-state index < -0.39 is 0 Å². The molecule has 27 heavy (non-hydrogen) atoms. The zero-order valence-electron chi connectivity index (χ0n) is 17.4. The second-order valence-electron chi connectivity index (χ2n) is 8.57. The van der Waals surface area contributed by atoms with E-state index in [-0.39, 0.29) is 11.2 Å². The van der Waals surface area contributed by atoms with Crippen molar-refractivity contribution in [2.24, 2.45) is 5.41 Å². The molecule has 0 unspecified atom stereocenters. The summed E-state index contributed by atoms with van der Waals surface area (Å²) in [5.74, 6) is 0.671. The lowest BCUT2D eigenvalue weighted by Crippen LogP contribution is -2.25. The van der Waals surface area contributed by atoms with Gasteiger partial charge in [-0.05, 0) is 50.5 Å². The van der Waals surface area contributed by atoms with Gasteiger partial charge in [-0.15, -0.1) is 0 Å². The first-order chi connectivity index (χ1) is 13.1. The number of ketones is 1. The van der Waals surface area contributed by atoms with Crippen molar-refractivity contribution < 1.29 is 4.79 Å². The predicted molar refractivity (Wildman–Crippen MR) is 113 cm³/mol. The fourth-order valence-corrected chi connectivity index (χ4v) is 4.51. The quantitative estimate of drug-likeness (QED) is 0.298. The topological polar surface area (TPSA) is 40.9 Å². The summed E-state index contributed by atoms with van der Waals surface area (Å²) in [5.41, 5.74) is 2.03. The molecule has 0 heterocycles. The Morgan fingerprint density at radius 1 is 1.00 bits per heavy atom. The Morgan fingerprint density at radius 2 is 1.56 bits per heavy atom. The molecule has 1 aromatic carbocycles. The highest BCUT2D eigenvalue weighted by atomic mass is 16.1. The van der Waals surface area contributed by atoms with Crippen LogP contribution in [0.25, 0.3) is 0 Å². The Morgan fingerprint density at radius 3 is 2.07 bits per heavy atom. The maximum absolute atomic E-state index is 11.4. The molecule has 1 fully saturated rings. The molecule has 1 aromatic rings. The number of carbonyl (C=O) groups is 1. The van der Waals surface area contributed by atoms with E-state index in [2.05, 4.69) is 25.1 Å². The number of carbonyl (C=O) groups excluding carboxylic acids is 1. The highest BCUT2D eigenvalue weighted by Gasteiger charge is 2.35. The van der Waals surface area contributed by atoms with Crippen LogP contribution in [0.1, 0.15) is 119 Å². The average Bonchev–Trinajstić information content (AvgIpc) is 2.70. The second-order valence-corrected chi connectivity index (χ2v) is 8.57. The molecule has 0 bridgehead atoms. The van der Waals surface area contributed by atoms with E-state index in [0.29, 0.717) is 5.92 Å². The number of rotatable bonds is 11. The number of nitriles is 1. The molecule has 2 heteroatoms. The summed E-state index contributed by atoms with van der Waals surface area (Å²) < 4.78 is 0. The number of benzene rings is 1. The fourth-order valence-electron chi connectivity index (χ4n) is 4.51. The number of Topliss-reactive ketones (excluding diaryl/α,β-unsaturated/α-hetero) is 1. The van der Waals surface area contributed by atoms with E-state index >= 15 is 0 Å². The lowest BCUT2D eigenvalue weighted by molar-refractivity contribution is 0.101. The summed E-state index contributed by atoms with van der Waals surface area (Å²) >= 11 is 0. The zero-order chi connectivity index (χ0) is 19.5. The van der Waals surface area contributed by atoms with Crippen molar-refractivity contribution >= 4 is 5.78 Å². The molecule has 0 amide bonds. The summed E-state index contributed by atoms with van der Waals surface area (Å²) in [4.78, 5) is 11.4. The third-order valence-electron chi connectivity index (χ3n) is 6.48. The summed E-state index contributed by atoms with van der Waals surface area (Å²) in [6, 6.07) is 10.8. The Bertz CT molecular complexity index is 602. The zero-order valence-corrected chi connectivity index (χ0v) is 17.4. The van der Waals surface area contributed by atoms with Gasteiger partial charge in [0.2, 0.25) is 0 Å². The van der Waals surface area contributed by atoms with Crippen molar-refractivity contribution in [2.75, 3.05) is 0 Å². The van der Waals surface area contributed by atoms with Crippen molar-refractivity contribution in [3.63, 3.8) is 0 Å². The molecule has 0 aromatic heterocycles. The van der Waals surface area contributed by atoms with Gasteiger partial charge in [0, 0.05) is 5.56 Å². The van der Waals surface area contributed by atoms with Gasteiger partial charge in [-0.2, -0.15) is 5.26 Å². The van der Waals surface area contributed by atoms with Gasteiger partial charge in [-0.3, -0.25) is 4.79 Å². The van der Waals surface area contributed by atoms with Crippen molar-refractivity contribution in [3.8, 4) is 6.07 Å². The smallest absolute Gasteiger partial charge is 0.159 e. The summed E-state index contributed by atoms with van der Waals surface area (Å²) in [5, 5.41) is 9.81. The molecule has 0 aliphatic heterocycles. The van der Waals surface area contributed by atoms with Gasteiger partial charge in [0.15, 0.2) is 5.78 Å². The molecule has 0 spiro atoms. The molecule has 2 nitrogen and oxygen atoms in total. The van der Waals surface area contributed by atoms with Crippen LogP contribution < -0.4 is 0 Å². The third-order valence-corrected chi connectivity index (χ3v) is 6.48. The first-order valence-corrected chi connectivity index (χ1v) is 11.1. The maximum atomic E-state index is 11.4. The van der Waals surface area contributed by atoms with Crippen LogP contribution >= 0.6 is 0 Å². The summed E-state index contributed by atoms with van der Waals surface area (Å²) in [6.07, 6.45) is 16.0. The van der Waals surface area contributed by atoms with Crippen LogP contribution in [-0.4, -0.2) is 5.78 Å². The predicted octanol–water partition coefficient (Wildman–Crippen LogP) is 7.59. The van der Waals surface area contributed by atoms with Gasteiger partial charge in [0.25, 0.3) is 0 Å². The number of hydrogen-bond donors (Lipinski definition) is 0. The van der Waals surface area contributed by atoms with E-state index in [1.807, 2.05) is 12.1 Å². The van der Waals surface area contributed by atoms with Crippen LogP contribution in [-0.2, 0) is 0 Å². The second kappa shape index (κ2) is 11.3. The molecule has 148 valence electrons. The van der Waals surface area contributed by atoms with Gasteiger partial charge >= 0.3 is 0 Å². The minimum atomic E-state index is -0.0853. The highest BCUT2D eigenvalue weighted by Crippen LogP contribution is 2.45. The molecule has 0 saturated heterocycles. The van der Waals surface area contributed by atoms with E-state index in [9.17, 15) is 10.1 Å². The van der Waals surface area contributed by atoms with Crippen LogP contribution in [0, 0.1) is 16.7 Å². The Kier molecular flexibility index (Phi) is 9.05. The van der Waals surface area contributed by atoms with Crippen molar-refractivity contribution in [1.82, 2.24) is 0 Å². The number of hydrogen-bond acceptors (Lipinski definition) is 2. The van der Waals surface area contributed by atoms with Crippen LogP contribution in [0.5, 0.6) is 0 Å². The van der Waals surface area contributed by atoms with Gasteiger partial charge < -0.3 is 0 Å². The number of nitrogens with zero attached hydrogens (tertiary/aromatic N) is 1. The van der Waals surface area contributed by atoms with Gasteiger partial charge in [0.05, 0.1) is 11.5 Å². The minimum Gasteiger partial charge on any atom is -0.295 e. The van der Waals surface area contributed by atoms with Crippen molar-refractivity contribution in [2.45, 2.75) is 103 Å². The Hall–Kier alpha value is -1.62. The third kappa shape index (κ3) is 6.80. The van der Waals surface area contributed by atoms with E-state index in [1.165, 1.54) is 56.9 Å². The molecular weight excluding hydrogens is 330 g/mol. The van der Waals surface area contributed by atoms with E-state index in [4.69, 9.17) is 0 Å². The largest absolute Gasteiger partial charge is 0.295 e. The van der Waals surface area contributed by atoms with Crippen molar-refractivity contribution in [3.05, 3.63) is 35.4 Å². The molecule has 1 aliphatic rings. The Labute approximate surface area is 166 Å². The molecule has 2 rings (SSSR count). The lowest BCUT2D eigenvalue weighted by atomic mass is 9.67. The van der Waals surface area contributed by atoms with Crippen molar-refractivity contribution in [1.29, 1.82) is 5.26 Å². The fraction of sp³-hybridized carbons (Fsp3) is 0.680. The Balaban J connectivity index is 1.72. The average molecular weight is 368 g/mol. The summed E-state index contributed by atoms with van der Waals surface area (Å²) in [6.45, 7) is 3.87. The SMILES string of the molecule is CCCCCCCCCCC1(C#N)CCC(c2ccc(C(C)=O)cc2)CC1. The van der Waals surface area contributed by atoms with Crippen LogP contribution in [0.2, 0.25) is 0 Å².